The molecule has 3 aromatic rings. The van der Waals surface area contributed by atoms with Crippen LogP contribution in [0.1, 0.15) is 119 Å². The maximum absolute atomic E-state index is 13.8. The van der Waals surface area contributed by atoms with Gasteiger partial charge in [0.1, 0.15) is 18.1 Å². The number of Topliss-reactive ketones (excluding diaryl/α,β-unsaturated/α-hetero) is 1. The summed E-state index contributed by atoms with van der Waals surface area (Å²) >= 11 is 0. The summed E-state index contributed by atoms with van der Waals surface area (Å²) in [4.78, 5) is 110. The zero-order chi connectivity index (χ0) is 48.6. The number of nitrogens with one attached hydrogen (secondary N) is 2. The number of hydrogen-bond acceptors (Lipinski definition) is 13. The second-order valence-electron chi connectivity index (χ2n) is 19.4. The number of aldehydes is 2. The minimum Gasteiger partial charge on any atom is -0.371 e. The lowest BCUT2D eigenvalue weighted by Crippen LogP contribution is -2.50. The van der Waals surface area contributed by atoms with Gasteiger partial charge in [0.25, 0.3) is 11.8 Å². The van der Waals surface area contributed by atoms with E-state index in [-0.39, 0.29) is 65.2 Å². The van der Waals surface area contributed by atoms with Gasteiger partial charge in [0.15, 0.2) is 23.6 Å². The molecule has 1 saturated carbocycles. The van der Waals surface area contributed by atoms with Crippen molar-refractivity contribution in [2.75, 3.05) is 88.1 Å². The molecule has 4 saturated heterocycles. The van der Waals surface area contributed by atoms with Gasteiger partial charge in [-0.1, -0.05) is 12.8 Å². The SMILES string of the molecule is CNC(=O)C(CCC=O)N(C)C(=O)c1cc(N2CCC(CN3CCC(C(=O)c4ccc(Nc5nc(N6CCCC(N7CCN(C8CCCC8)C7=O)C6)cnc5C(N)=O)cc4)CC3)CC2)ccc1C=O. The molecule has 5 aliphatic rings. The molecule has 18 nitrogen and oxygen atoms in total. The van der Waals surface area contributed by atoms with Crippen molar-refractivity contribution in [3.63, 3.8) is 0 Å². The monoisotopic (exact) mass is 946 g/mol. The van der Waals surface area contributed by atoms with Crippen LogP contribution in [0.25, 0.3) is 0 Å². The van der Waals surface area contributed by atoms with E-state index in [9.17, 15) is 33.6 Å². The Balaban J connectivity index is 0.812. The molecule has 5 heterocycles. The number of amides is 5. The summed E-state index contributed by atoms with van der Waals surface area (Å²) in [5.74, 6) is -0.177. The fraction of sp³-hybridized carbons (Fsp3) is 0.549. The van der Waals surface area contributed by atoms with Crippen molar-refractivity contribution >= 4 is 65.1 Å². The van der Waals surface area contributed by atoms with E-state index in [1.54, 1.807) is 18.3 Å². The van der Waals surface area contributed by atoms with Crippen molar-refractivity contribution in [2.24, 2.45) is 17.6 Å². The Morgan fingerprint density at radius 2 is 1.54 bits per heavy atom. The Labute approximate surface area is 404 Å². The van der Waals surface area contributed by atoms with Crippen LogP contribution in [0.5, 0.6) is 0 Å². The van der Waals surface area contributed by atoms with Crippen molar-refractivity contribution in [3.05, 3.63) is 71.0 Å². The van der Waals surface area contributed by atoms with E-state index in [1.807, 2.05) is 35.2 Å². The van der Waals surface area contributed by atoms with Crippen LogP contribution in [0.3, 0.4) is 0 Å². The molecule has 8 rings (SSSR count). The number of carbonyl (C=O) groups is 7. The fourth-order valence-corrected chi connectivity index (χ4v) is 11.1. The molecule has 5 amide bonds. The van der Waals surface area contributed by atoms with Gasteiger partial charge in [-0.3, -0.25) is 24.0 Å². The van der Waals surface area contributed by atoms with Crippen molar-refractivity contribution in [3.8, 4) is 0 Å². The van der Waals surface area contributed by atoms with Crippen LogP contribution in [-0.4, -0.2) is 163 Å². The van der Waals surface area contributed by atoms with Crippen molar-refractivity contribution in [1.29, 1.82) is 0 Å². The zero-order valence-electron chi connectivity index (χ0n) is 40.0. The Morgan fingerprint density at radius 1 is 0.841 bits per heavy atom. The number of ketones is 1. The van der Waals surface area contributed by atoms with Gasteiger partial charge >= 0.3 is 6.03 Å². The number of likely N-dealkylation sites (N-methyl/N-ethyl adjacent to an activating group) is 2. The highest BCUT2D eigenvalue weighted by Crippen LogP contribution is 2.32. The maximum atomic E-state index is 13.8. The first-order valence-corrected chi connectivity index (χ1v) is 24.9. The Morgan fingerprint density at radius 3 is 2.20 bits per heavy atom. The van der Waals surface area contributed by atoms with Crippen LogP contribution in [0.4, 0.5) is 27.8 Å². The number of hydrogen-bond donors (Lipinski definition) is 3. The van der Waals surface area contributed by atoms with Crippen molar-refractivity contribution < 1.29 is 33.6 Å². The van der Waals surface area contributed by atoms with Crippen molar-refractivity contribution in [1.82, 2.24) is 34.9 Å². The van der Waals surface area contributed by atoms with E-state index in [1.165, 1.54) is 31.8 Å². The maximum Gasteiger partial charge on any atom is 0.320 e. The molecule has 2 atom stereocenters. The topological polar surface area (TPSA) is 215 Å². The van der Waals surface area contributed by atoms with Crippen LogP contribution in [-0.2, 0) is 9.59 Å². The van der Waals surface area contributed by atoms with Crippen LogP contribution in [0, 0.1) is 11.8 Å². The number of aromatic nitrogens is 2. The molecule has 0 bridgehead atoms. The highest BCUT2D eigenvalue weighted by Gasteiger charge is 2.40. The quantitative estimate of drug-likeness (QED) is 0.116. The number of piperidine rings is 3. The lowest BCUT2D eigenvalue weighted by Gasteiger charge is -2.38. The molecule has 4 aliphatic heterocycles. The minimum absolute atomic E-state index is 0.0197. The number of nitrogens with two attached hydrogens (primary N) is 1. The van der Waals surface area contributed by atoms with E-state index >= 15 is 0 Å². The predicted octanol–water partition coefficient (Wildman–Crippen LogP) is 4.76. The molecule has 18 heteroatoms. The Kier molecular flexibility index (Phi) is 15.9. The Hall–Kier alpha value is -6.43. The van der Waals surface area contributed by atoms with E-state index in [0.717, 1.165) is 116 Å². The van der Waals surface area contributed by atoms with E-state index in [0.29, 0.717) is 41.9 Å². The average Bonchev–Trinajstić information content (AvgIpc) is 4.06. The summed E-state index contributed by atoms with van der Waals surface area (Å²) in [5.41, 5.74) is 8.34. The fourth-order valence-electron chi connectivity index (χ4n) is 11.1. The van der Waals surface area contributed by atoms with Gasteiger partial charge in [0, 0.05) is 101 Å². The number of carbonyl (C=O) groups excluding carboxylic acids is 7. The summed E-state index contributed by atoms with van der Waals surface area (Å²) in [5, 5.41) is 5.80. The lowest BCUT2D eigenvalue weighted by atomic mass is 9.87. The molecule has 1 aliphatic carbocycles. The molecule has 0 spiro atoms. The second kappa shape index (κ2) is 22.3. The second-order valence-corrected chi connectivity index (χ2v) is 19.4. The largest absolute Gasteiger partial charge is 0.371 e. The number of benzene rings is 2. The molecular weight excluding hydrogens is 879 g/mol. The summed E-state index contributed by atoms with van der Waals surface area (Å²) in [7, 11) is 3.00. The summed E-state index contributed by atoms with van der Waals surface area (Å²) in [6.45, 7) is 7.10. The molecule has 2 unspecified atom stereocenters. The molecule has 69 heavy (non-hydrogen) atoms. The van der Waals surface area contributed by atoms with Crippen LogP contribution in [0.15, 0.2) is 48.7 Å². The first kappa shape index (κ1) is 49.0. The standard InChI is InChI=1S/C51H67N11O7/c1-53-49(67)43(10-6-28-63)57(2)50(68)42-29-40(16-13-37(42)33-64)59-24-17-34(18-25-59)31-58-22-19-36(20-23-58)46(65)35-11-14-38(15-12-35)55-48-45(47(52)66)54-30-44(56-48)60-21-5-9-41(32-60)62-27-26-61(51(62)69)39-7-3-4-8-39/h11-16,28-30,33-34,36,39,41,43H,3-10,17-27,31-32H2,1-2H3,(H2,52,66)(H,53,67)(H,55,56). The van der Waals surface area contributed by atoms with Gasteiger partial charge in [0.05, 0.1) is 17.8 Å². The molecule has 1 aromatic heterocycles. The molecule has 5 fully saturated rings. The van der Waals surface area contributed by atoms with Crippen molar-refractivity contribution in [2.45, 2.75) is 95.2 Å². The van der Waals surface area contributed by atoms with Crippen LogP contribution >= 0.6 is 0 Å². The van der Waals surface area contributed by atoms with Gasteiger partial charge in [-0.05, 0) is 119 Å². The number of rotatable bonds is 18. The van der Waals surface area contributed by atoms with Gasteiger partial charge < -0.3 is 50.6 Å². The minimum atomic E-state index is -0.848. The average molecular weight is 946 g/mol. The normalized spacial score (nSPS) is 20.2. The number of nitrogens with zero attached hydrogens (tertiary/aromatic N) is 8. The van der Waals surface area contributed by atoms with E-state index < -0.39 is 17.9 Å². The van der Waals surface area contributed by atoms with E-state index in [2.05, 4.69) is 35.2 Å². The summed E-state index contributed by atoms with van der Waals surface area (Å²) in [6.07, 6.45) is 13.1. The van der Waals surface area contributed by atoms with Crippen LogP contribution < -0.4 is 26.2 Å². The number of likely N-dealkylation sites (tertiary alicyclic amines) is 1. The van der Waals surface area contributed by atoms with E-state index in [4.69, 9.17) is 10.7 Å². The van der Waals surface area contributed by atoms with Gasteiger partial charge in [-0.15, -0.1) is 0 Å². The first-order chi connectivity index (χ1) is 33.5. The molecule has 0 radical (unpaired) electrons. The number of urea groups is 1. The highest BCUT2D eigenvalue weighted by molar-refractivity contribution is 6.04. The molecule has 4 N–H and O–H groups in total. The third-order valence-corrected chi connectivity index (χ3v) is 15.2. The van der Waals surface area contributed by atoms with Crippen LogP contribution in [0.2, 0.25) is 0 Å². The zero-order valence-corrected chi connectivity index (χ0v) is 40.0. The number of anilines is 4. The summed E-state index contributed by atoms with van der Waals surface area (Å²) < 4.78 is 0. The molecular formula is C51H67N11O7. The molecule has 368 valence electrons. The predicted molar refractivity (Wildman–Crippen MR) is 262 cm³/mol. The third kappa shape index (κ3) is 11.2. The summed E-state index contributed by atoms with van der Waals surface area (Å²) in [6, 6.07) is 12.2. The van der Waals surface area contributed by atoms with Gasteiger partial charge in [-0.2, -0.15) is 0 Å². The third-order valence-electron chi connectivity index (χ3n) is 15.2. The number of primary amides is 1. The lowest BCUT2D eigenvalue weighted by molar-refractivity contribution is -0.125. The highest BCUT2D eigenvalue weighted by atomic mass is 16.2. The Bertz CT molecular complexity index is 2360. The van der Waals surface area contributed by atoms with Gasteiger partial charge in [0.2, 0.25) is 5.91 Å². The first-order valence-electron chi connectivity index (χ1n) is 24.9. The smallest absolute Gasteiger partial charge is 0.320 e. The van der Waals surface area contributed by atoms with Gasteiger partial charge in [-0.25, -0.2) is 14.8 Å². The molecule has 2 aromatic carbocycles.